The number of piperazine rings is 1. The van der Waals surface area contributed by atoms with Gasteiger partial charge in [0.25, 0.3) is 0 Å². The van der Waals surface area contributed by atoms with Crippen LogP contribution in [0.3, 0.4) is 0 Å². The maximum Gasteiger partial charge on any atom is 0.219 e. The molecule has 0 saturated carbocycles. The Hall–Kier alpha value is -1.49. The van der Waals surface area contributed by atoms with Crippen molar-refractivity contribution in [3.8, 4) is 0 Å². The fourth-order valence-electron chi connectivity index (χ4n) is 1.23. The maximum atomic E-state index is 10.7. The van der Waals surface area contributed by atoms with E-state index in [2.05, 4.69) is 15.5 Å². The van der Waals surface area contributed by atoms with Crippen LogP contribution in [-0.4, -0.2) is 47.2 Å². The van der Waals surface area contributed by atoms with Crippen LogP contribution in [0.2, 0.25) is 0 Å². The van der Waals surface area contributed by atoms with Crippen LogP contribution in [0.15, 0.2) is 24.5 Å². The van der Waals surface area contributed by atoms with E-state index >= 15 is 0 Å². The molecule has 1 aliphatic heterocycles. The number of hydrogen-bond donors (Lipinski definition) is 1. The summed E-state index contributed by atoms with van der Waals surface area (Å²) >= 11 is 0. The highest BCUT2D eigenvalue weighted by molar-refractivity contribution is 5.73. The zero-order valence-corrected chi connectivity index (χ0v) is 8.89. The maximum absolute atomic E-state index is 10.7. The Morgan fingerprint density at radius 3 is 2.00 bits per heavy atom. The monoisotopic (exact) mass is 208 g/mol. The van der Waals surface area contributed by atoms with Crippen molar-refractivity contribution < 1.29 is 4.79 Å². The summed E-state index contributed by atoms with van der Waals surface area (Å²) in [6.45, 7) is 5.25. The summed E-state index contributed by atoms with van der Waals surface area (Å²) in [5.74, 6) is 0.191. The predicted molar refractivity (Wildman–Crippen MR) is 57.2 cm³/mol. The van der Waals surface area contributed by atoms with Crippen molar-refractivity contribution in [1.82, 2.24) is 20.4 Å². The molecule has 0 aromatic carbocycles. The summed E-state index contributed by atoms with van der Waals surface area (Å²) in [4.78, 5) is 12.6. The molecule has 0 atom stereocenters. The number of amides is 1. The largest absolute Gasteiger partial charge is 0.340 e. The number of nitrogens with zero attached hydrogens (tertiary/aromatic N) is 3. The van der Waals surface area contributed by atoms with Crippen molar-refractivity contribution in [1.29, 1.82) is 0 Å². The molecule has 0 aliphatic carbocycles. The molecule has 2 heterocycles. The Bertz CT molecular complexity index is 245. The predicted octanol–water partition coefficient (Wildman–Crippen LogP) is -0.0853. The molecular weight excluding hydrogens is 192 g/mol. The molecule has 1 aromatic heterocycles. The summed E-state index contributed by atoms with van der Waals surface area (Å²) in [7, 11) is 0. The highest BCUT2D eigenvalue weighted by atomic mass is 16.2. The molecule has 15 heavy (non-hydrogen) atoms. The Labute approximate surface area is 89.5 Å². The SMILES string of the molecule is CC(=O)N1CCNCC1.c1ccnnc1. The third-order valence-corrected chi connectivity index (χ3v) is 2.05. The van der Waals surface area contributed by atoms with Gasteiger partial charge in [0.2, 0.25) is 5.91 Å². The van der Waals surface area contributed by atoms with E-state index in [1.165, 1.54) is 0 Å². The summed E-state index contributed by atoms with van der Waals surface area (Å²) in [6.07, 6.45) is 3.28. The minimum Gasteiger partial charge on any atom is -0.340 e. The first-order valence-corrected chi connectivity index (χ1v) is 4.98. The van der Waals surface area contributed by atoms with Crippen LogP contribution in [0.4, 0.5) is 0 Å². The van der Waals surface area contributed by atoms with Gasteiger partial charge in [0, 0.05) is 45.5 Å². The van der Waals surface area contributed by atoms with Gasteiger partial charge in [-0.15, -0.1) is 0 Å². The van der Waals surface area contributed by atoms with E-state index in [9.17, 15) is 4.79 Å². The van der Waals surface area contributed by atoms with Gasteiger partial charge < -0.3 is 10.2 Å². The fourth-order valence-corrected chi connectivity index (χ4v) is 1.23. The summed E-state index contributed by atoms with van der Waals surface area (Å²) in [6, 6.07) is 3.65. The lowest BCUT2D eigenvalue weighted by Gasteiger charge is -2.25. The number of rotatable bonds is 0. The molecule has 2 rings (SSSR count). The number of hydrogen-bond acceptors (Lipinski definition) is 4. The molecule has 82 valence electrons. The van der Waals surface area contributed by atoms with Crippen molar-refractivity contribution >= 4 is 5.91 Å². The molecule has 0 radical (unpaired) electrons. The van der Waals surface area contributed by atoms with Gasteiger partial charge in [0.05, 0.1) is 0 Å². The molecule has 0 bridgehead atoms. The standard InChI is InChI=1S/C6H12N2O.C4H4N2/c1-6(9)8-4-2-7-3-5-8;1-2-4-6-5-3-1/h7H,2-5H2,1H3;1-4H. The van der Waals surface area contributed by atoms with Gasteiger partial charge in [0.15, 0.2) is 0 Å². The van der Waals surface area contributed by atoms with Gasteiger partial charge in [-0.05, 0) is 12.1 Å². The van der Waals surface area contributed by atoms with E-state index < -0.39 is 0 Å². The molecule has 0 unspecified atom stereocenters. The summed E-state index contributed by atoms with van der Waals surface area (Å²) < 4.78 is 0. The smallest absolute Gasteiger partial charge is 0.219 e. The van der Waals surface area contributed by atoms with Crippen LogP contribution in [0, 0.1) is 0 Å². The minimum absolute atomic E-state index is 0.191. The molecule has 5 nitrogen and oxygen atoms in total. The second kappa shape index (κ2) is 6.89. The van der Waals surface area contributed by atoms with Crippen LogP contribution in [0.5, 0.6) is 0 Å². The second-order valence-corrected chi connectivity index (χ2v) is 3.17. The topological polar surface area (TPSA) is 58.1 Å². The summed E-state index contributed by atoms with van der Waals surface area (Å²) in [5.41, 5.74) is 0. The lowest BCUT2D eigenvalue weighted by Crippen LogP contribution is -2.45. The average molecular weight is 208 g/mol. The fraction of sp³-hybridized carbons (Fsp3) is 0.500. The highest BCUT2D eigenvalue weighted by Gasteiger charge is 2.10. The third kappa shape index (κ3) is 5.07. The van der Waals surface area contributed by atoms with Gasteiger partial charge in [-0.25, -0.2) is 0 Å². The number of carbonyl (C=O) groups excluding carboxylic acids is 1. The molecule has 1 saturated heterocycles. The van der Waals surface area contributed by atoms with E-state index in [-0.39, 0.29) is 5.91 Å². The van der Waals surface area contributed by atoms with Gasteiger partial charge in [0.1, 0.15) is 0 Å². The van der Waals surface area contributed by atoms with Crippen molar-refractivity contribution in [2.45, 2.75) is 6.92 Å². The van der Waals surface area contributed by atoms with Crippen molar-refractivity contribution in [3.63, 3.8) is 0 Å². The molecule has 1 fully saturated rings. The van der Waals surface area contributed by atoms with Crippen molar-refractivity contribution in [2.24, 2.45) is 0 Å². The van der Waals surface area contributed by atoms with Gasteiger partial charge in [-0.3, -0.25) is 4.79 Å². The summed E-state index contributed by atoms with van der Waals surface area (Å²) in [5, 5.41) is 10.2. The van der Waals surface area contributed by atoms with Crippen LogP contribution in [-0.2, 0) is 4.79 Å². The lowest BCUT2D eigenvalue weighted by atomic mass is 10.4. The Morgan fingerprint density at radius 2 is 1.73 bits per heavy atom. The van der Waals surface area contributed by atoms with Crippen LogP contribution >= 0.6 is 0 Å². The molecule has 1 aliphatic rings. The normalized spacial score (nSPS) is 15.1. The zero-order chi connectivity index (χ0) is 10.9. The third-order valence-electron chi connectivity index (χ3n) is 2.05. The van der Waals surface area contributed by atoms with Gasteiger partial charge >= 0.3 is 0 Å². The van der Waals surface area contributed by atoms with Gasteiger partial charge in [-0.2, -0.15) is 10.2 Å². The molecule has 1 aromatic rings. The lowest BCUT2D eigenvalue weighted by molar-refractivity contribution is -0.129. The Balaban J connectivity index is 0.000000162. The minimum atomic E-state index is 0.191. The first-order chi connectivity index (χ1) is 7.30. The number of nitrogens with one attached hydrogen (secondary N) is 1. The van der Waals surface area contributed by atoms with E-state index in [1.807, 2.05) is 17.0 Å². The average Bonchev–Trinajstić information content (AvgIpc) is 2.33. The van der Waals surface area contributed by atoms with Crippen molar-refractivity contribution in [2.75, 3.05) is 26.2 Å². The van der Waals surface area contributed by atoms with Crippen LogP contribution in [0.1, 0.15) is 6.92 Å². The van der Waals surface area contributed by atoms with Crippen LogP contribution < -0.4 is 5.32 Å². The Kier molecular flexibility index (Phi) is 5.32. The quantitative estimate of drug-likeness (QED) is 0.647. The van der Waals surface area contributed by atoms with Gasteiger partial charge in [-0.1, -0.05) is 0 Å². The second-order valence-electron chi connectivity index (χ2n) is 3.17. The van der Waals surface area contributed by atoms with E-state index in [4.69, 9.17) is 0 Å². The van der Waals surface area contributed by atoms with E-state index in [0.717, 1.165) is 26.2 Å². The first kappa shape index (κ1) is 11.6. The number of aromatic nitrogens is 2. The molecule has 5 heteroatoms. The van der Waals surface area contributed by atoms with E-state index in [1.54, 1.807) is 19.3 Å². The number of carbonyl (C=O) groups is 1. The van der Waals surface area contributed by atoms with Crippen LogP contribution in [0.25, 0.3) is 0 Å². The molecule has 0 spiro atoms. The Morgan fingerprint density at radius 1 is 1.20 bits per heavy atom. The molecular formula is C10H16N4O. The highest BCUT2D eigenvalue weighted by Crippen LogP contribution is 1.90. The molecule has 1 amide bonds. The first-order valence-electron chi connectivity index (χ1n) is 4.98. The van der Waals surface area contributed by atoms with Crippen molar-refractivity contribution in [3.05, 3.63) is 24.5 Å². The molecule has 1 N–H and O–H groups in total. The van der Waals surface area contributed by atoms with E-state index in [0.29, 0.717) is 0 Å². The zero-order valence-electron chi connectivity index (χ0n) is 8.89.